The van der Waals surface area contributed by atoms with Gasteiger partial charge in [-0.2, -0.15) is 0 Å². The number of carbonyl (C=O) groups excluding carboxylic acids is 2. The third-order valence-corrected chi connectivity index (χ3v) is 7.25. The number of nitrogens with two attached hydrogens (primary N) is 1. The number of hydrogen-bond donors (Lipinski definition) is 3. The maximum atomic E-state index is 14.5. The highest BCUT2D eigenvalue weighted by Crippen LogP contribution is 2.45. The highest BCUT2D eigenvalue weighted by Gasteiger charge is 2.50. The first-order chi connectivity index (χ1) is 19.1. The Morgan fingerprint density at radius 2 is 1.82 bits per heavy atom. The zero-order chi connectivity index (χ0) is 29.3. The van der Waals surface area contributed by atoms with Gasteiger partial charge in [0.15, 0.2) is 0 Å². The number of aromatic nitrogens is 1. The molecule has 1 aromatic heterocycles. The van der Waals surface area contributed by atoms with E-state index in [4.69, 9.17) is 5.73 Å². The third kappa shape index (κ3) is 7.82. The number of carbonyl (C=O) groups is 2. The molecule has 216 valence electrons. The lowest BCUT2D eigenvalue weighted by Gasteiger charge is -2.45. The molecule has 7 nitrogen and oxygen atoms in total. The van der Waals surface area contributed by atoms with E-state index in [1.165, 1.54) is 12.1 Å². The number of primary amides is 1. The normalized spacial score (nSPS) is 18.4. The van der Waals surface area contributed by atoms with Gasteiger partial charge < -0.3 is 21.1 Å². The average Bonchev–Trinajstić information content (AvgIpc) is 2.90. The Labute approximate surface area is 235 Å². The number of benzene rings is 1. The van der Waals surface area contributed by atoms with Crippen LogP contribution in [-0.2, 0) is 22.6 Å². The quantitative estimate of drug-likeness (QED) is 0.326. The van der Waals surface area contributed by atoms with Crippen LogP contribution in [0.1, 0.15) is 51.3 Å². The minimum atomic E-state index is -1.37. The number of allylic oxidation sites excluding steroid dienone is 2. The second-order valence-corrected chi connectivity index (χ2v) is 10.5. The molecule has 0 fully saturated rings. The van der Waals surface area contributed by atoms with Crippen molar-refractivity contribution in [2.45, 2.75) is 59.1 Å². The van der Waals surface area contributed by atoms with Crippen LogP contribution in [-0.4, -0.2) is 52.5 Å². The fraction of sp³-hybridized carbons (Fsp3) is 0.452. The second kappa shape index (κ2) is 14.3. The number of rotatable bonds is 14. The highest BCUT2D eigenvalue weighted by atomic mass is 19.1. The molecule has 4 N–H and O–H groups in total. The molecule has 1 aliphatic rings. The maximum absolute atomic E-state index is 14.5. The summed E-state index contributed by atoms with van der Waals surface area (Å²) in [5.74, 6) is -3.23. The van der Waals surface area contributed by atoms with Gasteiger partial charge in [0.25, 0.3) is 0 Å². The number of hydrogen-bond acceptors (Lipinski definition) is 5. The number of aliphatic hydroxyl groups excluding tert-OH is 1. The molecule has 2 aromatic rings. The molecule has 3 atom stereocenters. The Bertz CT molecular complexity index is 1210. The fourth-order valence-electron chi connectivity index (χ4n) is 5.62. The van der Waals surface area contributed by atoms with Crippen LogP contribution in [0.4, 0.5) is 8.78 Å². The zero-order valence-electron chi connectivity index (χ0n) is 23.5. The van der Waals surface area contributed by atoms with Crippen LogP contribution >= 0.6 is 0 Å². The molecule has 1 aliphatic carbocycles. The molecule has 40 heavy (non-hydrogen) atoms. The van der Waals surface area contributed by atoms with Gasteiger partial charge in [-0.3, -0.25) is 14.6 Å². The van der Waals surface area contributed by atoms with E-state index in [1.807, 2.05) is 32.0 Å². The van der Waals surface area contributed by atoms with Gasteiger partial charge in [-0.1, -0.05) is 37.6 Å². The van der Waals surface area contributed by atoms with Crippen molar-refractivity contribution in [2.24, 2.45) is 17.1 Å². The first-order valence-electron chi connectivity index (χ1n) is 13.8. The van der Waals surface area contributed by atoms with Crippen LogP contribution in [0.5, 0.6) is 0 Å². The van der Waals surface area contributed by atoms with E-state index in [9.17, 15) is 23.5 Å². The van der Waals surface area contributed by atoms with Crippen LogP contribution < -0.4 is 11.1 Å². The number of nitrogens with zero attached hydrogens (tertiary/aromatic N) is 2. The number of pyridine rings is 1. The fourth-order valence-corrected chi connectivity index (χ4v) is 5.62. The minimum absolute atomic E-state index is 0.00519. The minimum Gasteiger partial charge on any atom is -0.391 e. The van der Waals surface area contributed by atoms with Gasteiger partial charge in [0.2, 0.25) is 11.8 Å². The summed E-state index contributed by atoms with van der Waals surface area (Å²) in [5.41, 5.74) is 6.35. The summed E-state index contributed by atoms with van der Waals surface area (Å²) < 4.78 is 28.5. The van der Waals surface area contributed by atoms with Crippen LogP contribution in [0.3, 0.4) is 0 Å². The largest absolute Gasteiger partial charge is 0.391 e. The van der Waals surface area contributed by atoms with Crippen molar-refractivity contribution in [3.05, 3.63) is 88.8 Å². The van der Waals surface area contributed by atoms with E-state index >= 15 is 0 Å². The lowest BCUT2D eigenvalue weighted by atomic mass is 9.63. The van der Waals surface area contributed by atoms with Gasteiger partial charge in [-0.05, 0) is 62.4 Å². The molecule has 3 rings (SSSR count). The first-order valence-corrected chi connectivity index (χ1v) is 13.8. The smallest absolute Gasteiger partial charge is 0.244 e. The lowest BCUT2D eigenvalue weighted by Crippen LogP contribution is -2.54. The van der Waals surface area contributed by atoms with Crippen molar-refractivity contribution in [1.29, 1.82) is 0 Å². The van der Waals surface area contributed by atoms with Crippen molar-refractivity contribution in [2.75, 3.05) is 19.6 Å². The van der Waals surface area contributed by atoms with Crippen molar-refractivity contribution in [1.82, 2.24) is 15.2 Å². The summed E-state index contributed by atoms with van der Waals surface area (Å²) in [6.07, 6.45) is 5.40. The highest BCUT2D eigenvalue weighted by molar-refractivity contribution is 5.96. The molecule has 9 heteroatoms. The summed E-state index contributed by atoms with van der Waals surface area (Å²) in [5, 5.41) is 14.9. The molecule has 2 amide bonds. The Balaban J connectivity index is 2.09. The van der Waals surface area contributed by atoms with E-state index < -0.39 is 35.0 Å². The van der Waals surface area contributed by atoms with E-state index in [-0.39, 0.29) is 30.9 Å². The summed E-state index contributed by atoms with van der Waals surface area (Å²) in [7, 11) is 0. The molecule has 0 spiro atoms. The van der Waals surface area contributed by atoms with E-state index in [0.717, 1.165) is 24.6 Å². The Morgan fingerprint density at radius 3 is 2.40 bits per heavy atom. The van der Waals surface area contributed by atoms with Gasteiger partial charge in [-0.15, -0.1) is 0 Å². The van der Waals surface area contributed by atoms with Crippen LogP contribution in [0.2, 0.25) is 0 Å². The van der Waals surface area contributed by atoms with E-state index in [0.29, 0.717) is 30.8 Å². The molecule has 1 aromatic carbocycles. The van der Waals surface area contributed by atoms with Crippen molar-refractivity contribution in [3.63, 3.8) is 0 Å². The van der Waals surface area contributed by atoms with Crippen LogP contribution in [0, 0.1) is 23.0 Å². The van der Waals surface area contributed by atoms with Gasteiger partial charge in [0.05, 0.1) is 17.2 Å². The van der Waals surface area contributed by atoms with Gasteiger partial charge in [0, 0.05) is 49.9 Å². The van der Waals surface area contributed by atoms with Gasteiger partial charge in [0.1, 0.15) is 11.6 Å². The molecule has 1 heterocycles. The number of amides is 2. The lowest BCUT2D eigenvalue weighted by molar-refractivity contribution is -0.145. The molecule has 0 aliphatic heterocycles. The Kier molecular flexibility index (Phi) is 11.1. The maximum Gasteiger partial charge on any atom is 0.244 e. The zero-order valence-corrected chi connectivity index (χ0v) is 23.5. The summed E-state index contributed by atoms with van der Waals surface area (Å²) in [4.78, 5) is 32.9. The summed E-state index contributed by atoms with van der Waals surface area (Å²) >= 11 is 0. The molecular formula is C31H40F2N4O3. The Hall–Kier alpha value is -3.43. The molecule has 1 unspecified atom stereocenters. The molecule has 0 saturated heterocycles. The topological polar surface area (TPSA) is 109 Å². The predicted octanol–water partition coefficient (Wildman–Crippen LogP) is 4.07. The van der Waals surface area contributed by atoms with Crippen LogP contribution in [0.25, 0.3) is 0 Å². The second-order valence-electron chi connectivity index (χ2n) is 10.5. The van der Waals surface area contributed by atoms with E-state index in [2.05, 4.69) is 10.3 Å². The average molecular weight is 555 g/mol. The van der Waals surface area contributed by atoms with Crippen molar-refractivity contribution >= 4 is 11.8 Å². The molecule has 0 saturated carbocycles. The predicted molar refractivity (Wildman–Crippen MR) is 151 cm³/mol. The van der Waals surface area contributed by atoms with Gasteiger partial charge in [-0.25, -0.2) is 8.78 Å². The van der Waals surface area contributed by atoms with Crippen LogP contribution in [0.15, 0.2) is 65.9 Å². The summed E-state index contributed by atoms with van der Waals surface area (Å²) in [6.45, 7) is 7.17. The number of aliphatic hydroxyl groups is 1. The number of nitrogens with one attached hydrogen (secondary N) is 1. The SMILES string of the molecule is CCCN(CCC)C(=O)C1([C@H](Cc2cc(F)cc(F)c2)[C@@H](O)CNCc2ccccn2)C=C(C)C=C(C(N)=O)C1. The van der Waals surface area contributed by atoms with Gasteiger partial charge >= 0.3 is 0 Å². The number of halogens is 2. The molecular weight excluding hydrogens is 514 g/mol. The molecule has 0 radical (unpaired) electrons. The van der Waals surface area contributed by atoms with Crippen molar-refractivity contribution in [3.8, 4) is 0 Å². The van der Waals surface area contributed by atoms with Crippen molar-refractivity contribution < 1.29 is 23.5 Å². The molecule has 0 bridgehead atoms. The monoisotopic (exact) mass is 554 g/mol. The van der Waals surface area contributed by atoms with E-state index in [1.54, 1.807) is 30.2 Å². The third-order valence-electron chi connectivity index (χ3n) is 7.25. The Morgan fingerprint density at radius 1 is 1.15 bits per heavy atom. The summed E-state index contributed by atoms with van der Waals surface area (Å²) in [6, 6.07) is 8.72. The first kappa shape index (κ1) is 31.1. The standard InChI is InChI=1S/C31H40F2N4O3/c1-4-10-37(11-5-2)30(40)31(17-21(3)12-23(18-31)29(34)39)27(15-22-13-24(32)16-25(33)14-22)28(38)20-35-19-26-8-6-7-9-36-26/h6-9,12-14,16-17,27-28,35,38H,4-5,10-11,15,18-20H2,1-3H3,(H2,34,39)/t27-,28+,31?/m1/s1.